The number of benzene rings is 12. The fourth-order valence-corrected chi connectivity index (χ4v) is 15.5. The minimum atomic E-state index is -4.82. The van der Waals surface area contributed by atoms with Crippen LogP contribution < -0.4 is 49.6 Å². The molecular weight excluding hydrogens is 1710 g/mol. The first-order valence-corrected chi connectivity index (χ1v) is 40.9. The van der Waals surface area contributed by atoms with Gasteiger partial charge < -0.3 is 38.6 Å². The van der Waals surface area contributed by atoms with Crippen molar-refractivity contribution in [3.63, 3.8) is 0 Å². The van der Waals surface area contributed by atoms with E-state index in [1.165, 1.54) is 68.6 Å². The molecule has 0 saturated heterocycles. The van der Waals surface area contributed by atoms with Gasteiger partial charge in [0.15, 0.2) is 24.2 Å². The van der Waals surface area contributed by atoms with Gasteiger partial charge in [-0.15, -0.1) is 0 Å². The van der Waals surface area contributed by atoms with Crippen LogP contribution >= 0.6 is 0 Å². The van der Waals surface area contributed by atoms with E-state index in [9.17, 15) is 91.5 Å². The SMILES string of the molecule is CC1=NN(c2ccccc2)C(=O)C1N=Nc1c(O)cc(S(=O)(=O)[O-])c2ccccc12.CC1=NN(c2ccccc2)C(=O)C1N=Nc1c(O)cc(S(=O)(=O)[O-])c2ccccc12.CC1=NN(c2ccccc2)C(=O)C1N=Nc1c(O)cc(S(=O)(=O)[O-])c2ccccc12.CC1=NN(c2ccccc2)C(=O)C1N=Nc1c(O)cc(S(=O)(=O)[O-])c2ccccc12.[Cr+3].[Na+]. The molecule has 4 aliphatic rings. The van der Waals surface area contributed by atoms with Gasteiger partial charge in [-0.05, 0) is 76.2 Å². The first-order chi connectivity index (χ1) is 57.1. The molecule has 0 aliphatic carbocycles. The number of anilines is 4. The second-order valence-corrected chi connectivity index (χ2v) is 31.7. The molecule has 611 valence electrons. The number of hydrogen-bond donors (Lipinski definition) is 4. The molecule has 12 aromatic rings. The zero-order valence-corrected chi connectivity index (χ0v) is 70.5. The Balaban J connectivity index is 0.000000158. The molecular formula is C80H60CrN16NaO20S4. The molecule has 12 aromatic carbocycles. The maximum absolute atomic E-state index is 12.7. The van der Waals surface area contributed by atoms with Gasteiger partial charge in [-0.1, -0.05) is 170 Å². The molecule has 4 aliphatic heterocycles. The van der Waals surface area contributed by atoms with Crippen LogP contribution in [0.3, 0.4) is 0 Å². The van der Waals surface area contributed by atoms with Crippen LogP contribution in [-0.4, -0.2) is 143 Å². The molecule has 16 rings (SSSR count). The largest absolute Gasteiger partial charge is 3.00 e. The number of aromatic hydroxyl groups is 4. The maximum atomic E-state index is 12.7. The second kappa shape index (κ2) is 36.9. The third-order valence-corrected chi connectivity index (χ3v) is 21.9. The Morgan fingerprint density at radius 2 is 0.434 bits per heavy atom. The van der Waals surface area contributed by atoms with Crippen molar-refractivity contribution in [2.75, 3.05) is 20.0 Å². The number of hydrogen-bond acceptors (Lipinski definition) is 32. The molecule has 0 saturated carbocycles. The van der Waals surface area contributed by atoms with E-state index in [0.29, 0.717) is 45.6 Å². The second-order valence-electron chi connectivity index (χ2n) is 26.3. The fraction of sp³-hybridized carbons (Fsp3) is 0.100. The summed E-state index contributed by atoms with van der Waals surface area (Å²) in [6.45, 7) is 6.54. The van der Waals surface area contributed by atoms with E-state index in [1.54, 1.807) is 173 Å². The van der Waals surface area contributed by atoms with Gasteiger partial charge in [0.05, 0.1) is 65.2 Å². The van der Waals surface area contributed by atoms with Crippen LogP contribution in [0.1, 0.15) is 27.7 Å². The quantitative estimate of drug-likeness (QED) is 0.0397. The Kier molecular flexibility index (Phi) is 27.2. The van der Waals surface area contributed by atoms with E-state index in [2.05, 4.69) is 61.3 Å². The molecule has 0 spiro atoms. The minimum absolute atomic E-state index is 0. The fourth-order valence-electron chi connectivity index (χ4n) is 12.7. The zero-order valence-electron chi connectivity index (χ0n) is 63.9. The van der Waals surface area contributed by atoms with Crippen LogP contribution in [0.25, 0.3) is 43.1 Å². The van der Waals surface area contributed by atoms with Gasteiger partial charge in [0.2, 0.25) is 0 Å². The van der Waals surface area contributed by atoms with Gasteiger partial charge in [0.1, 0.15) is 86.2 Å². The maximum Gasteiger partial charge on any atom is 3.00 e. The van der Waals surface area contributed by atoms with Gasteiger partial charge in [-0.3, -0.25) is 19.2 Å². The third kappa shape index (κ3) is 19.1. The van der Waals surface area contributed by atoms with Crippen molar-refractivity contribution >= 4 is 176 Å². The van der Waals surface area contributed by atoms with Gasteiger partial charge in [0.25, 0.3) is 23.6 Å². The first-order valence-electron chi connectivity index (χ1n) is 35.3. The number of phenols is 4. The molecule has 4 heterocycles. The monoisotopic (exact) mass is 1770 g/mol. The average molecular weight is 1770 g/mol. The minimum Gasteiger partial charge on any atom is -0.744 e. The molecule has 0 bridgehead atoms. The number of carbonyl (C=O) groups is 4. The molecule has 4 atom stereocenters. The van der Waals surface area contributed by atoms with E-state index in [4.69, 9.17) is 0 Å². The normalized spacial score (nSPS) is 16.9. The van der Waals surface area contributed by atoms with Gasteiger partial charge >= 0.3 is 46.9 Å². The van der Waals surface area contributed by atoms with Crippen molar-refractivity contribution < 1.29 is 138 Å². The number of nitrogens with zero attached hydrogens (tertiary/aromatic N) is 16. The van der Waals surface area contributed by atoms with Crippen LogP contribution in [0.4, 0.5) is 45.5 Å². The van der Waals surface area contributed by atoms with Crippen LogP contribution in [0.2, 0.25) is 0 Å². The molecule has 0 aromatic heterocycles. The summed E-state index contributed by atoms with van der Waals surface area (Å²) in [5.74, 6) is -3.79. The Morgan fingerprint density at radius 1 is 0.279 bits per heavy atom. The van der Waals surface area contributed by atoms with Crippen LogP contribution in [0.5, 0.6) is 23.0 Å². The predicted octanol–water partition coefficient (Wildman–Crippen LogP) is 10.3. The third-order valence-electron chi connectivity index (χ3n) is 18.4. The number of fused-ring (bicyclic) bond motifs is 4. The van der Waals surface area contributed by atoms with Crippen LogP contribution in [-0.2, 0) is 77.0 Å². The van der Waals surface area contributed by atoms with Crippen molar-refractivity contribution in [1.29, 1.82) is 0 Å². The summed E-state index contributed by atoms with van der Waals surface area (Å²) in [6, 6.07) is 59.1. The van der Waals surface area contributed by atoms with E-state index in [0.717, 1.165) is 24.3 Å². The summed E-state index contributed by atoms with van der Waals surface area (Å²) < 4.78 is 139. The number of para-hydroxylation sites is 4. The number of rotatable bonds is 16. The molecule has 0 fully saturated rings. The van der Waals surface area contributed by atoms with E-state index >= 15 is 0 Å². The average Bonchev–Trinajstić information content (AvgIpc) is 1.79. The summed E-state index contributed by atoms with van der Waals surface area (Å²) >= 11 is 0. The summed E-state index contributed by atoms with van der Waals surface area (Å²) in [5, 5.41) is 96.6. The topological polar surface area (TPSA) is 539 Å². The first kappa shape index (κ1) is 89.8. The predicted molar refractivity (Wildman–Crippen MR) is 436 cm³/mol. The number of phenolic OH excluding ortho intramolecular Hbond substituents is 4. The van der Waals surface area contributed by atoms with Crippen LogP contribution in [0, 0.1) is 0 Å². The van der Waals surface area contributed by atoms with E-state index in [1.807, 2.05) is 24.3 Å². The Morgan fingerprint density at radius 3 is 0.598 bits per heavy atom. The Hall–Kier alpha value is -13.0. The number of hydrazone groups is 4. The molecule has 1 radical (unpaired) electrons. The Labute approximate surface area is 726 Å². The van der Waals surface area contributed by atoms with Crippen molar-refractivity contribution in [3.05, 3.63) is 243 Å². The molecule has 122 heavy (non-hydrogen) atoms. The van der Waals surface area contributed by atoms with Crippen molar-refractivity contribution in [1.82, 2.24) is 0 Å². The number of amides is 4. The summed E-state index contributed by atoms with van der Waals surface area (Å²) in [4.78, 5) is 48.8. The van der Waals surface area contributed by atoms with Crippen molar-refractivity contribution in [3.8, 4) is 23.0 Å². The Bertz CT molecular complexity index is 6120. The zero-order chi connectivity index (χ0) is 85.9. The van der Waals surface area contributed by atoms with Crippen molar-refractivity contribution in [2.24, 2.45) is 61.3 Å². The number of carbonyl (C=O) groups excluding carboxylic acids is 4. The number of azo groups is 4. The smallest absolute Gasteiger partial charge is 0.744 e. The van der Waals surface area contributed by atoms with Gasteiger partial charge in [-0.2, -0.15) is 81.4 Å². The standard InChI is InChI=1S/4C20H16N4O5S.Cr.Na/c4*1-12-18(20(26)24(23-12)13-7-3-2-4-8-13)21-22-19-15-10-6-5-9-14(15)17(11-16(19)25)30(27,28)29;;/h4*2-11,18,25H,1H3,(H,27,28,29);;/q;;;;+3;+1/p-4. The summed E-state index contributed by atoms with van der Waals surface area (Å²) in [6.07, 6.45) is 0. The molecule has 4 amide bonds. The molecule has 4 unspecified atom stereocenters. The molecule has 42 heteroatoms. The van der Waals surface area contributed by atoms with E-state index < -0.39 is 131 Å². The summed E-state index contributed by atoms with van der Waals surface area (Å²) in [7, 11) is -19.3. The van der Waals surface area contributed by atoms with Gasteiger partial charge in [-0.25, -0.2) is 33.7 Å². The summed E-state index contributed by atoms with van der Waals surface area (Å²) in [5.41, 5.74) is 3.80. The molecule has 4 N–H and O–H groups in total. The van der Waals surface area contributed by atoms with Gasteiger partial charge in [0, 0.05) is 67.4 Å². The van der Waals surface area contributed by atoms with Crippen LogP contribution in [0.15, 0.2) is 324 Å². The molecule has 36 nitrogen and oxygen atoms in total. The van der Waals surface area contributed by atoms with Crippen molar-refractivity contribution in [2.45, 2.75) is 71.4 Å². The van der Waals surface area contributed by atoms with E-state index in [-0.39, 0.29) is 113 Å².